The van der Waals surface area contributed by atoms with Crippen molar-refractivity contribution in [3.63, 3.8) is 0 Å². The van der Waals surface area contributed by atoms with E-state index in [1.165, 1.54) is 0 Å². The van der Waals surface area contributed by atoms with Gasteiger partial charge in [0.1, 0.15) is 11.3 Å². The van der Waals surface area contributed by atoms with Crippen LogP contribution < -0.4 is 10.1 Å². The van der Waals surface area contributed by atoms with Gasteiger partial charge in [-0.05, 0) is 26.3 Å². The largest absolute Gasteiger partial charge is 0.496 e. The smallest absolute Gasteiger partial charge is 0.246 e. The number of carbonyl (C=O) groups is 2. The third kappa shape index (κ3) is 2.73. The number of carbonyl (C=O) groups excluding carboxylic acids is 2. The molecule has 1 aliphatic rings. The summed E-state index contributed by atoms with van der Waals surface area (Å²) < 4.78 is 5.37. The fourth-order valence-electron chi connectivity index (χ4n) is 2.65. The first-order chi connectivity index (χ1) is 9.92. The molecule has 1 saturated heterocycles. The quantitative estimate of drug-likeness (QED) is 0.917. The standard InChI is InChI=1S/C16H22N2O3/c1-5-16(3)15(20)17-9-14(19)18(16)10-12-8-11(2)6-7-13(12)21-4/h6-8H,5,9-10H2,1-4H3,(H,17,20). The topological polar surface area (TPSA) is 58.6 Å². The Morgan fingerprint density at radius 1 is 1.38 bits per heavy atom. The van der Waals surface area contributed by atoms with Gasteiger partial charge >= 0.3 is 0 Å². The Morgan fingerprint density at radius 2 is 2.10 bits per heavy atom. The number of nitrogens with zero attached hydrogens (tertiary/aromatic N) is 1. The van der Waals surface area contributed by atoms with Gasteiger partial charge in [-0.1, -0.05) is 24.6 Å². The van der Waals surface area contributed by atoms with Gasteiger partial charge in [-0.15, -0.1) is 0 Å². The minimum absolute atomic E-state index is 0.0581. The van der Waals surface area contributed by atoms with Crippen LogP contribution in [0.4, 0.5) is 0 Å². The summed E-state index contributed by atoms with van der Waals surface area (Å²) in [5.74, 6) is 0.566. The number of ether oxygens (including phenoxy) is 1. The number of methoxy groups -OCH3 is 1. The van der Waals surface area contributed by atoms with Gasteiger partial charge < -0.3 is 15.0 Å². The van der Waals surface area contributed by atoms with Crippen molar-refractivity contribution in [3.8, 4) is 5.75 Å². The predicted molar refractivity (Wildman–Crippen MR) is 80.0 cm³/mol. The lowest BCUT2D eigenvalue weighted by Crippen LogP contribution is -2.65. The summed E-state index contributed by atoms with van der Waals surface area (Å²) in [7, 11) is 1.61. The molecule has 1 fully saturated rings. The molecule has 0 aliphatic carbocycles. The molecule has 2 amide bonds. The van der Waals surface area contributed by atoms with E-state index >= 15 is 0 Å². The number of hydrogen-bond donors (Lipinski definition) is 1. The van der Waals surface area contributed by atoms with Gasteiger partial charge in [-0.3, -0.25) is 9.59 Å². The number of hydrogen-bond acceptors (Lipinski definition) is 3. The number of rotatable bonds is 4. The summed E-state index contributed by atoms with van der Waals surface area (Å²) in [4.78, 5) is 26.1. The van der Waals surface area contributed by atoms with Gasteiger partial charge in [-0.25, -0.2) is 0 Å². The van der Waals surface area contributed by atoms with Crippen molar-refractivity contribution >= 4 is 11.8 Å². The van der Waals surface area contributed by atoms with Crippen LogP contribution >= 0.6 is 0 Å². The molecule has 0 bridgehead atoms. The molecule has 1 atom stereocenters. The fraction of sp³-hybridized carbons (Fsp3) is 0.500. The normalized spacial score (nSPS) is 22.2. The molecule has 0 radical (unpaired) electrons. The van der Waals surface area contributed by atoms with E-state index < -0.39 is 5.54 Å². The van der Waals surface area contributed by atoms with Crippen molar-refractivity contribution < 1.29 is 14.3 Å². The van der Waals surface area contributed by atoms with Crippen LogP contribution in [0.2, 0.25) is 0 Å². The average Bonchev–Trinajstić information content (AvgIpc) is 2.48. The molecule has 1 unspecified atom stereocenters. The van der Waals surface area contributed by atoms with Crippen LogP contribution in [0.1, 0.15) is 31.4 Å². The van der Waals surface area contributed by atoms with E-state index in [4.69, 9.17) is 4.74 Å². The second-order valence-electron chi connectivity index (χ2n) is 5.61. The average molecular weight is 290 g/mol. The van der Waals surface area contributed by atoms with Crippen molar-refractivity contribution in [2.24, 2.45) is 0 Å². The highest BCUT2D eigenvalue weighted by atomic mass is 16.5. The molecule has 1 aliphatic heterocycles. The Kier molecular flexibility index (Phi) is 4.21. The van der Waals surface area contributed by atoms with Crippen LogP contribution in [0.3, 0.4) is 0 Å². The number of piperazine rings is 1. The van der Waals surface area contributed by atoms with Crippen molar-refractivity contribution in [3.05, 3.63) is 29.3 Å². The molecule has 0 spiro atoms. The maximum Gasteiger partial charge on any atom is 0.246 e. The van der Waals surface area contributed by atoms with Gasteiger partial charge in [-0.2, -0.15) is 0 Å². The lowest BCUT2D eigenvalue weighted by Gasteiger charge is -2.43. The second-order valence-corrected chi connectivity index (χ2v) is 5.61. The van der Waals surface area contributed by atoms with E-state index in [1.54, 1.807) is 12.0 Å². The summed E-state index contributed by atoms with van der Waals surface area (Å²) in [5, 5.41) is 2.67. The molecule has 1 heterocycles. The molecule has 21 heavy (non-hydrogen) atoms. The maximum absolute atomic E-state index is 12.3. The summed E-state index contributed by atoms with van der Waals surface area (Å²) in [5.41, 5.74) is 1.20. The number of nitrogens with one attached hydrogen (secondary N) is 1. The minimum atomic E-state index is -0.815. The molecule has 1 aromatic rings. The van der Waals surface area contributed by atoms with Crippen LogP contribution in [0, 0.1) is 6.92 Å². The Labute approximate surface area is 125 Å². The minimum Gasteiger partial charge on any atom is -0.496 e. The van der Waals surface area contributed by atoms with Crippen molar-refractivity contribution in [1.29, 1.82) is 0 Å². The first-order valence-corrected chi connectivity index (χ1v) is 7.14. The summed E-state index contributed by atoms with van der Waals surface area (Å²) >= 11 is 0. The van der Waals surface area contributed by atoms with E-state index in [1.807, 2.05) is 39.0 Å². The summed E-state index contributed by atoms with van der Waals surface area (Å²) in [6.07, 6.45) is 0.568. The van der Waals surface area contributed by atoms with Gasteiger partial charge in [0.05, 0.1) is 20.2 Å². The van der Waals surface area contributed by atoms with Crippen molar-refractivity contribution in [1.82, 2.24) is 10.2 Å². The third-order valence-corrected chi connectivity index (χ3v) is 4.24. The lowest BCUT2D eigenvalue weighted by molar-refractivity contribution is -0.153. The molecule has 114 valence electrons. The van der Waals surface area contributed by atoms with Crippen LogP contribution in [0.25, 0.3) is 0 Å². The van der Waals surface area contributed by atoms with E-state index in [2.05, 4.69) is 5.32 Å². The van der Waals surface area contributed by atoms with E-state index in [-0.39, 0.29) is 18.4 Å². The van der Waals surface area contributed by atoms with Gasteiger partial charge in [0.25, 0.3) is 0 Å². The highest BCUT2D eigenvalue weighted by Gasteiger charge is 2.44. The van der Waals surface area contributed by atoms with Crippen molar-refractivity contribution in [2.45, 2.75) is 39.3 Å². The SMILES string of the molecule is CCC1(C)C(=O)NCC(=O)N1Cc1cc(C)ccc1OC. The molecule has 0 aromatic heterocycles. The van der Waals surface area contributed by atoms with Gasteiger partial charge in [0.15, 0.2) is 0 Å². The third-order valence-electron chi connectivity index (χ3n) is 4.24. The van der Waals surface area contributed by atoms with Gasteiger partial charge in [0.2, 0.25) is 11.8 Å². The maximum atomic E-state index is 12.3. The highest BCUT2D eigenvalue weighted by molar-refractivity contribution is 5.97. The zero-order valence-corrected chi connectivity index (χ0v) is 13.0. The molecule has 5 heteroatoms. The molecular formula is C16H22N2O3. The van der Waals surface area contributed by atoms with E-state index in [0.29, 0.717) is 13.0 Å². The first kappa shape index (κ1) is 15.4. The summed E-state index contributed by atoms with van der Waals surface area (Å²) in [6, 6.07) is 5.85. The number of aryl methyl sites for hydroxylation is 1. The molecule has 1 N–H and O–H groups in total. The Balaban J connectivity index is 2.37. The summed E-state index contributed by atoms with van der Waals surface area (Å²) in [6.45, 7) is 6.15. The van der Waals surface area contributed by atoms with E-state index in [0.717, 1.165) is 16.9 Å². The van der Waals surface area contributed by atoms with Crippen LogP contribution in [0.5, 0.6) is 5.75 Å². The zero-order chi connectivity index (χ0) is 15.6. The molecule has 2 rings (SSSR count). The van der Waals surface area contributed by atoms with E-state index in [9.17, 15) is 9.59 Å². The Hall–Kier alpha value is -2.04. The number of amides is 2. The van der Waals surface area contributed by atoms with Crippen LogP contribution in [-0.2, 0) is 16.1 Å². The Bertz CT molecular complexity index is 571. The molecular weight excluding hydrogens is 268 g/mol. The van der Waals surface area contributed by atoms with Crippen LogP contribution in [0.15, 0.2) is 18.2 Å². The Morgan fingerprint density at radius 3 is 2.71 bits per heavy atom. The first-order valence-electron chi connectivity index (χ1n) is 7.14. The highest BCUT2D eigenvalue weighted by Crippen LogP contribution is 2.28. The van der Waals surface area contributed by atoms with Gasteiger partial charge in [0, 0.05) is 5.56 Å². The second kappa shape index (κ2) is 5.76. The molecule has 5 nitrogen and oxygen atoms in total. The number of benzene rings is 1. The lowest BCUT2D eigenvalue weighted by atomic mass is 9.92. The molecule has 1 aromatic carbocycles. The van der Waals surface area contributed by atoms with Crippen molar-refractivity contribution in [2.75, 3.05) is 13.7 Å². The zero-order valence-electron chi connectivity index (χ0n) is 13.0. The predicted octanol–water partition coefficient (Wildman–Crippen LogP) is 1.63. The molecule has 0 saturated carbocycles. The van der Waals surface area contributed by atoms with Crippen LogP contribution in [-0.4, -0.2) is 35.9 Å². The fourth-order valence-corrected chi connectivity index (χ4v) is 2.65. The monoisotopic (exact) mass is 290 g/mol.